The van der Waals surface area contributed by atoms with Crippen LogP contribution in [0.5, 0.6) is 0 Å². The third kappa shape index (κ3) is 1.64. The molecule has 0 saturated heterocycles. The predicted molar refractivity (Wildman–Crippen MR) is 52.6 cm³/mol. The Morgan fingerprint density at radius 1 is 1.60 bits per heavy atom. The number of carboxylic acids is 1. The number of rotatable bonds is 2. The molecule has 1 unspecified atom stereocenters. The van der Waals surface area contributed by atoms with Gasteiger partial charge < -0.3 is 10.8 Å². The maximum absolute atomic E-state index is 10.7. The van der Waals surface area contributed by atoms with Crippen LogP contribution in [0.1, 0.15) is 11.7 Å². The Morgan fingerprint density at radius 2 is 2.33 bits per heavy atom. The molecule has 0 amide bonds. The summed E-state index contributed by atoms with van der Waals surface area (Å²) in [5.41, 5.74) is 6.25. The van der Waals surface area contributed by atoms with Crippen molar-refractivity contribution in [2.45, 2.75) is 6.04 Å². The molecule has 0 aromatic carbocycles. The van der Waals surface area contributed by atoms with Crippen molar-refractivity contribution in [2.75, 3.05) is 0 Å². The van der Waals surface area contributed by atoms with Crippen molar-refractivity contribution in [3.8, 4) is 0 Å². The van der Waals surface area contributed by atoms with Gasteiger partial charge in [0.05, 0.1) is 11.9 Å². The van der Waals surface area contributed by atoms with Gasteiger partial charge in [-0.2, -0.15) is 5.10 Å². The maximum Gasteiger partial charge on any atom is 0.326 e. The molecule has 0 radical (unpaired) electrons. The standard InChI is InChI=1S/C8H7ClN4O2/c9-5-1-2-6-11-3-4(13(6)12-5)7(10)8(14)15/h1-3,7H,10H2,(H,14,15). The molecule has 2 aromatic heterocycles. The van der Waals surface area contributed by atoms with E-state index in [1.807, 2.05) is 0 Å². The van der Waals surface area contributed by atoms with Crippen LogP contribution in [0.3, 0.4) is 0 Å². The van der Waals surface area contributed by atoms with Gasteiger partial charge in [-0.15, -0.1) is 0 Å². The van der Waals surface area contributed by atoms with Crippen LogP contribution in [-0.2, 0) is 4.79 Å². The lowest BCUT2D eigenvalue weighted by molar-refractivity contribution is -0.138. The van der Waals surface area contributed by atoms with Gasteiger partial charge in [0.2, 0.25) is 0 Å². The van der Waals surface area contributed by atoms with E-state index in [2.05, 4.69) is 10.1 Å². The molecule has 78 valence electrons. The molecule has 7 heteroatoms. The Kier molecular flexibility index (Phi) is 2.29. The fourth-order valence-electron chi connectivity index (χ4n) is 1.21. The number of hydrogen-bond acceptors (Lipinski definition) is 4. The average Bonchev–Trinajstić information content (AvgIpc) is 2.59. The van der Waals surface area contributed by atoms with E-state index in [-0.39, 0.29) is 5.15 Å². The highest BCUT2D eigenvalue weighted by molar-refractivity contribution is 6.29. The van der Waals surface area contributed by atoms with Gasteiger partial charge in [0, 0.05) is 0 Å². The highest BCUT2D eigenvalue weighted by atomic mass is 35.5. The zero-order valence-corrected chi connectivity index (χ0v) is 8.22. The molecule has 0 saturated carbocycles. The van der Waals surface area contributed by atoms with Crippen LogP contribution in [0.25, 0.3) is 5.65 Å². The first-order chi connectivity index (χ1) is 7.09. The Morgan fingerprint density at radius 3 is 3.00 bits per heavy atom. The average molecular weight is 227 g/mol. The highest BCUT2D eigenvalue weighted by Gasteiger charge is 2.19. The Bertz CT molecular complexity index is 524. The number of imidazole rings is 1. The van der Waals surface area contributed by atoms with Crippen LogP contribution >= 0.6 is 11.6 Å². The van der Waals surface area contributed by atoms with E-state index in [1.165, 1.54) is 10.7 Å². The fraction of sp³-hybridized carbons (Fsp3) is 0.125. The molecule has 0 aliphatic heterocycles. The van der Waals surface area contributed by atoms with Crippen molar-refractivity contribution in [1.29, 1.82) is 0 Å². The molecule has 0 fully saturated rings. The number of hydrogen-bond donors (Lipinski definition) is 2. The van der Waals surface area contributed by atoms with Gasteiger partial charge in [-0.1, -0.05) is 11.6 Å². The molecule has 2 rings (SSSR count). The van der Waals surface area contributed by atoms with Gasteiger partial charge in [-0.25, -0.2) is 9.50 Å². The van der Waals surface area contributed by atoms with Crippen molar-refractivity contribution in [1.82, 2.24) is 14.6 Å². The van der Waals surface area contributed by atoms with Crippen LogP contribution < -0.4 is 5.73 Å². The first kappa shape index (κ1) is 9.88. The van der Waals surface area contributed by atoms with E-state index in [4.69, 9.17) is 22.4 Å². The van der Waals surface area contributed by atoms with Gasteiger partial charge in [-0.3, -0.25) is 4.79 Å². The molecule has 0 bridgehead atoms. The van der Waals surface area contributed by atoms with Crippen molar-refractivity contribution < 1.29 is 9.90 Å². The minimum absolute atomic E-state index is 0.249. The SMILES string of the molecule is NC(C(=O)O)c1cnc2ccc(Cl)nn12. The largest absolute Gasteiger partial charge is 0.480 e. The number of nitrogens with zero attached hydrogens (tertiary/aromatic N) is 3. The number of halogens is 1. The van der Waals surface area contributed by atoms with Crippen molar-refractivity contribution in [2.24, 2.45) is 5.73 Å². The molecule has 0 spiro atoms. The molecular formula is C8H7ClN4O2. The third-order valence-electron chi connectivity index (χ3n) is 1.94. The predicted octanol–water partition coefficient (Wildman–Crippen LogP) is 0.467. The van der Waals surface area contributed by atoms with Crippen LogP contribution in [0.4, 0.5) is 0 Å². The van der Waals surface area contributed by atoms with Gasteiger partial charge in [0.1, 0.15) is 11.2 Å². The van der Waals surface area contributed by atoms with Crippen molar-refractivity contribution in [3.05, 3.63) is 29.2 Å². The summed E-state index contributed by atoms with van der Waals surface area (Å²) >= 11 is 5.68. The second-order valence-electron chi connectivity index (χ2n) is 2.93. The number of nitrogens with two attached hydrogens (primary N) is 1. The minimum Gasteiger partial charge on any atom is -0.480 e. The van der Waals surface area contributed by atoms with Crippen molar-refractivity contribution >= 4 is 23.2 Å². The number of fused-ring (bicyclic) bond motifs is 1. The highest BCUT2D eigenvalue weighted by Crippen LogP contribution is 2.14. The van der Waals surface area contributed by atoms with Crippen LogP contribution in [0.2, 0.25) is 5.15 Å². The summed E-state index contributed by atoms with van der Waals surface area (Å²) in [6, 6.07) is 2.04. The van der Waals surface area contributed by atoms with Crippen LogP contribution in [-0.4, -0.2) is 25.7 Å². The number of aromatic nitrogens is 3. The molecule has 2 aromatic rings. The second-order valence-corrected chi connectivity index (χ2v) is 3.31. The van der Waals surface area contributed by atoms with Gasteiger partial charge in [0.25, 0.3) is 0 Å². The molecule has 1 atom stereocenters. The summed E-state index contributed by atoms with van der Waals surface area (Å²) in [5, 5.41) is 12.9. The van der Waals surface area contributed by atoms with Crippen molar-refractivity contribution in [3.63, 3.8) is 0 Å². The number of aliphatic carboxylic acids is 1. The van der Waals surface area contributed by atoms with E-state index < -0.39 is 12.0 Å². The van der Waals surface area contributed by atoms with E-state index >= 15 is 0 Å². The minimum atomic E-state index is -1.16. The monoisotopic (exact) mass is 226 g/mol. The fourth-order valence-corrected chi connectivity index (χ4v) is 1.35. The maximum atomic E-state index is 10.7. The van der Waals surface area contributed by atoms with Crippen LogP contribution in [0.15, 0.2) is 18.3 Å². The lowest BCUT2D eigenvalue weighted by Gasteiger charge is -2.04. The van der Waals surface area contributed by atoms with Crippen LogP contribution in [0, 0.1) is 0 Å². The summed E-state index contributed by atoms with van der Waals surface area (Å²) < 4.78 is 1.32. The smallest absolute Gasteiger partial charge is 0.326 e. The second kappa shape index (κ2) is 3.48. The summed E-state index contributed by atoms with van der Waals surface area (Å²) in [5.74, 6) is -1.14. The summed E-state index contributed by atoms with van der Waals surface area (Å²) in [6.07, 6.45) is 1.37. The first-order valence-corrected chi connectivity index (χ1v) is 4.46. The Balaban J connectivity index is 2.61. The van der Waals surface area contributed by atoms with Gasteiger partial charge in [-0.05, 0) is 12.1 Å². The quantitative estimate of drug-likeness (QED) is 0.776. The molecule has 15 heavy (non-hydrogen) atoms. The zero-order valence-electron chi connectivity index (χ0n) is 7.46. The number of carbonyl (C=O) groups is 1. The molecule has 3 N–H and O–H groups in total. The van der Waals surface area contributed by atoms with E-state index in [9.17, 15) is 4.79 Å². The normalized spacial score (nSPS) is 12.9. The third-order valence-corrected chi connectivity index (χ3v) is 2.14. The van der Waals surface area contributed by atoms with E-state index in [1.54, 1.807) is 12.1 Å². The molecular weight excluding hydrogens is 220 g/mol. The van der Waals surface area contributed by atoms with E-state index in [0.29, 0.717) is 11.3 Å². The zero-order chi connectivity index (χ0) is 11.0. The number of carboxylic acid groups (broad SMARTS) is 1. The first-order valence-electron chi connectivity index (χ1n) is 4.08. The Hall–Kier alpha value is -1.66. The molecule has 2 heterocycles. The molecule has 0 aliphatic carbocycles. The summed E-state index contributed by atoms with van der Waals surface area (Å²) in [7, 11) is 0. The lowest BCUT2D eigenvalue weighted by atomic mass is 10.2. The Labute approximate surface area is 89.3 Å². The summed E-state index contributed by atoms with van der Waals surface area (Å²) in [6.45, 7) is 0. The van der Waals surface area contributed by atoms with Gasteiger partial charge in [0.15, 0.2) is 5.65 Å². The topological polar surface area (TPSA) is 93.5 Å². The van der Waals surface area contributed by atoms with Gasteiger partial charge >= 0.3 is 5.97 Å². The molecule has 6 nitrogen and oxygen atoms in total. The van der Waals surface area contributed by atoms with E-state index in [0.717, 1.165) is 0 Å². The molecule has 0 aliphatic rings. The lowest BCUT2D eigenvalue weighted by Crippen LogP contribution is -2.22. The summed E-state index contributed by atoms with van der Waals surface area (Å²) in [4.78, 5) is 14.7.